The second-order valence-corrected chi connectivity index (χ2v) is 5.61. The molecule has 1 N–H and O–H groups in total. The largest absolute Gasteiger partial charge is 0.481 e. The third kappa shape index (κ3) is 2.35. The van der Waals surface area contributed by atoms with Gasteiger partial charge in [0.1, 0.15) is 0 Å². The van der Waals surface area contributed by atoms with Crippen LogP contribution in [0.5, 0.6) is 0 Å². The number of aliphatic carboxylic acids is 1. The Labute approximate surface area is 132 Å². The van der Waals surface area contributed by atoms with Gasteiger partial charge >= 0.3 is 11.9 Å². The first-order valence-corrected chi connectivity index (χ1v) is 7.13. The molecule has 0 amide bonds. The van der Waals surface area contributed by atoms with Gasteiger partial charge in [0.2, 0.25) is 0 Å². The highest BCUT2D eigenvalue weighted by Gasteiger charge is 2.31. The number of fused-ring (bicyclic) bond motifs is 3. The Morgan fingerprint density at radius 1 is 1.14 bits per heavy atom. The Bertz CT molecular complexity index is 782. The summed E-state index contributed by atoms with van der Waals surface area (Å²) in [7, 11) is 1.32. The van der Waals surface area contributed by atoms with Gasteiger partial charge in [-0.2, -0.15) is 0 Å². The maximum atomic E-state index is 11.7. The average molecular weight is 317 g/mol. The molecule has 0 aliphatic heterocycles. The monoisotopic (exact) mass is 316 g/mol. The van der Waals surface area contributed by atoms with Gasteiger partial charge in [0, 0.05) is 10.9 Å². The number of carbonyl (C=O) groups is 2. The zero-order valence-corrected chi connectivity index (χ0v) is 12.6. The number of halogens is 1. The van der Waals surface area contributed by atoms with E-state index in [1.807, 2.05) is 12.1 Å². The molecule has 2 aromatic rings. The van der Waals surface area contributed by atoms with Crippen LogP contribution in [0, 0.1) is 0 Å². The number of hydrogen-bond donors (Lipinski definition) is 1. The van der Waals surface area contributed by atoms with Crippen molar-refractivity contribution in [2.45, 2.75) is 12.3 Å². The topological polar surface area (TPSA) is 63.6 Å². The van der Waals surface area contributed by atoms with E-state index in [1.54, 1.807) is 24.3 Å². The van der Waals surface area contributed by atoms with Gasteiger partial charge in [-0.05, 0) is 46.5 Å². The molecule has 0 saturated carbocycles. The molecule has 0 aromatic heterocycles. The summed E-state index contributed by atoms with van der Waals surface area (Å²) in [5, 5.41) is 9.76. The van der Waals surface area contributed by atoms with Gasteiger partial charge < -0.3 is 9.84 Å². The van der Waals surface area contributed by atoms with E-state index in [4.69, 9.17) is 16.3 Å². The zero-order chi connectivity index (χ0) is 15.9. The van der Waals surface area contributed by atoms with E-state index < -0.39 is 11.9 Å². The fourth-order valence-corrected chi connectivity index (χ4v) is 3.15. The molecule has 1 unspecified atom stereocenters. The smallest absolute Gasteiger partial charge is 0.337 e. The summed E-state index contributed by atoms with van der Waals surface area (Å²) in [6, 6.07) is 10.7. The number of hydrogen-bond acceptors (Lipinski definition) is 3. The van der Waals surface area contributed by atoms with E-state index in [9.17, 15) is 14.7 Å². The van der Waals surface area contributed by atoms with Crippen LogP contribution in [0.25, 0.3) is 11.1 Å². The lowest BCUT2D eigenvalue weighted by molar-refractivity contribution is -0.137. The summed E-state index contributed by atoms with van der Waals surface area (Å²) < 4.78 is 4.73. The van der Waals surface area contributed by atoms with E-state index >= 15 is 0 Å². The SMILES string of the molecule is COC(=O)c1ccc2c(c1)C(CC(=O)O)c1cc(Cl)ccc1-2. The van der Waals surface area contributed by atoms with E-state index in [-0.39, 0.29) is 12.3 Å². The van der Waals surface area contributed by atoms with Crippen LogP contribution in [0.2, 0.25) is 5.02 Å². The summed E-state index contributed by atoms with van der Waals surface area (Å²) in [4.78, 5) is 22.9. The maximum absolute atomic E-state index is 11.7. The molecule has 4 nitrogen and oxygen atoms in total. The Morgan fingerprint density at radius 3 is 2.41 bits per heavy atom. The third-order valence-corrected chi connectivity index (χ3v) is 4.14. The minimum atomic E-state index is -0.896. The molecule has 0 fully saturated rings. The van der Waals surface area contributed by atoms with Crippen molar-refractivity contribution in [3.05, 3.63) is 58.1 Å². The summed E-state index contributed by atoms with van der Waals surface area (Å²) in [5.74, 6) is -1.65. The fourth-order valence-electron chi connectivity index (χ4n) is 2.97. The first-order chi connectivity index (χ1) is 10.5. The zero-order valence-electron chi connectivity index (χ0n) is 11.8. The van der Waals surface area contributed by atoms with Crippen molar-refractivity contribution < 1.29 is 19.4 Å². The molecular weight excluding hydrogens is 304 g/mol. The number of carbonyl (C=O) groups excluding carboxylic acids is 1. The highest BCUT2D eigenvalue weighted by Crippen LogP contribution is 2.47. The second kappa shape index (κ2) is 5.46. The molecule has 3 rings (SSSR count). The van der Waals surface area contributed by atoms with E-state index in [1.165, 1.54) is 7.11 Å². The molecule has 1 aliphatic rings. The molecule has 5 heteroatoms. The number of carboxylic acids is 1. The second-order valence-electron chi connectivity index (χ2n) is 5.18. The highest BCUT2D eigenvalue weighted by molar-refractivity contribution is 6.30. The van der Waals surface area contributed by atoms with E-state index in [2.05, 4.69) is 0 Å². The standard InChI is InChI=1S/C17H13ClO4/c1-22-17(21)9-2-4-11-12-5-3-10(18)7-14(12)15(8-16(19)20)13(11)6-9/h2-7,15H,8H2,1H3,(H,19,20). The van der Waals surface area contributed by atoms with Crippen molar-refractivity contribution >= 4 is 23.5 Å². The molecule has 22 heavy (non-hydrogen) atoms. The van der Waals surface area contributed by atoms with Gasteiger partial charge in [0.15, 0.2) is 0 Å². The van der Waals surface area contributed by atoms with Crippen LogP contribution in [-0.2, 0) is 9.53 Å². The number of benzene rings is 2. The number of rotatable bonds is 3. The van der Waals surface area contributed by atoms with Crippen molar-refractivity contribution in [3.8, 4) is 11.1 Å². The molecule has 0 spiro atoms. The van der Waals surface area contributed by atoms with Gasteiger partial charge in [-0.15, -0.1) is 0 Å². The van der Waals surface area contributed by atoms with Crippen LogP contribution in [0.3, 0.4) is 0 Å². The van der Waals surface area contributed by atoms with Gasteiger partial charge in [-0.25, -0.2) is 4.79 Å². The Balaban J connectivity index is 2.17. The van der Waals surface area contributed by atoms with E-state index in [0.717, 1.165) is 22.3 Å². The van der Waals surface area contributed by atoms with Crippen LogP contribution in [0.15, 0.2) is 36.4 Å². The van der Waals surface area contributed by atoms with Crippen LogP contribution >= 0.6 is 11.6 Å². The third-order valence-electron chi connectivity index (χ3n) is 3.91. The first-order valence-electron chi connectivity index (χ1n) is 6.75. The molecule has 2 aromatic carbocycles. The van der Waals surface area contributed by atoms with E-state index in [0.29, 0.717) is 10.6 Å². The minimum Gasteiger partial charge on any atom is -0.481 e. The van der Waals surface area contributed by atoms with Gasteiger partial charge in [0.25, 0.3) is 0 Å². The summed E-state index contributed by atoms with van der Waals surface area (Å²) in [6.07, 6.45) is -0.0506. The quantitative estimate of drug-likeness (QED) is 0.877. The van der Waals surface area contributed by atoms with Crippen LogP contribution in [0.4, 0.5) is 0 Å². The lowest BCUT2D eigenvalue weighted by Gasteiger charge is -2.11. The molecule has 112 valence electrons. The Kier molecular flexibility index (Phi) is 3.62. The average Bonchev–Trinajstić information content (AvgIpc) is 2.79. The molecular formula is C17H13ClO4. The number of methoxy groups -OCH3 is 1. The normalized spacial score (nSPS) is 15.1. The summed E-state index contributed by atoms with van der Waals surface area (Å²) in [6.45, 7) is 0. The highest BCUT2D eigenvalue weighted by atomic mass is 35.5. The van der Waals surface area contributed by atoms with Crippen molar-refractivity contribution in [2.75, 3.05) is 7.11 Å². The maximum Gasteiger partial charge on any atom is 0.337 e. The number of carboxylic acid groups (broad SMARTS) is 1. The minimum absolute atomic E-state index is 0.0506. The lowest BCUT2D eigenvalue weighted by Crippen LogP contribution is -2.07. The van der Waals surface area contributed by atoms with Crippen LogP contribution in [0.1, 0.15) is 33.8 Å². The van der Waals surface area contributed by atoms with Crippen molar-refractivity contribution in [1.29, 1.82) is 0 Å². The van der Waals surface area contributed by atoms with Crippen LogP contribution < -0.4 is 0 Å². The van der Waals surface area contributed by atoms with Crippen molar-refractivity contribution in [3.63, 3.8) is 0 Å². The Morgan fingerprint density at radius 2 is 1.77 bits per heavy atom. The molecule has 0 saturated heterocycles. The first kappa shape index (κ1) is 14.6. The van der Waals surface area contributed by atoms with Gasteiger partial charge in [0.05, 0.1) is 19.1 Å². The lowest BCUT2D eigenvalue weighted by atomic mass is 9.93. The molecule has 0 radical (unpaired) electrons. The van der Waals surface area contributed by atoms with Gasteiger partial charge in [-0.3, -0.25) is 4.79 Å². The number of esters is 1. The predicted octanol–water partition coefficient (Wildman–Crippen LogP) is 3.71. The van der Waals surface area contributed by atoms with Gasteiger partial charge in [-0.1, -0.05) is 23.7 Å². The molecule has 1 atom stereocenters. The molecule has 0 heterocycles. The van der Waals surface area contributed by atoms with Crippen molar-refractivity contribution in [1.82, 2.24) is 0 Å². The summed E-state index contributed by atoms with van der Waals surface area (Å²) in [5.41, 5.74) is 4.01. The molecule has 1 aliphatic carbocycles. The molecule has 0 bridgehead atoms. The van der Waals surface area contributed by atoms with Crippen molar-refractivity contribution in [2.24, 2.45) is 0 Å². The summed E-state index contributed by atoms with van der Waals surface area (Å²) >= 11 is 6.05. The predicted molar refractivity (Wildman–Crippen MR) is 82.3 cm³/mol. The van der Waals surface area contributed by atoms with Crippen LogP contribution in [-0.4, -0.2) is 24.2 Å². The fraction of sp³-hybridized carbons (Fsp3) is 0.176. The number of ether oxygens (including phenoxy) is 1. The Hall–Kier alpha value is -2.33.